The maximum Gasteiger partial charge on any atom is 0.295 e. The zero-order valence-corrected chi connectivity index (χ0v) is 14.7. The highest BCUT2D eigenvalue weighted by atomic mass is 32.2. The van der Waals surface area contributed by atoms with Crippen LogP contribution in [0.2, 0.25) is 0 Å². The van der Waals surface area contributed by atoms with Gasteiger partial charge in [0, 0.05) is 17.7 Å². The second kappa shape index (κ2) is 7.80. The van der Waals surface area contributed by atoms with Gasteiger partial charge in [-0.3, -0.25) is 15.5 Å². The number of hydrogen-bond donors (Lipinski definition) is 2. The predicted molar refractivity (Wildman–Crippen MR) is 95.2 cm³/mol. The van der Waals surface area contributed by atoms with E-state index in [1.165, 1.54) is 26.5 Å². The van der Waals surface area contributed by atoms with Crippen molar-refractivity contribution in [3.05, 3.63) is 52.1 Å². The number of nitro benzene ring substituents is 1. The highest BCUT2D eigenvalue weighted by Gasteiger charge is 2.18. The quantitative estimate of drug-likeness (QED) is 0.422. The maximum absolute atomic E-state index is 11.3. The Hall–Kier alpha value is -3.18. The van der Waals surface area contributed by atoms with Crippen LogP contribution in [0.5, 0.6) is 11.5 Å². The van der Waals surface area contributed by atoms with Gasteiger partial charge in [0.25, 0.3) is 5.69 Å². The van der Waals surface area contributed by atoms with E-state index in [0.29, 0.717) is 17.1 Å². The molecule has 11 heteroatoms. The second-order valence-electron chi connectivity index (χ2n) is 5.00. The maximum atomic E-state index is 11.3. The molecular formula is C15H16N4O6S. The molecule has 3 N–H and O–H groups in total. The zero-order chi connectivity index (χ0) is 19.3. The molecule has 0 radical (unpaired) electrons. The van der Waals surface area contributed by atoms with E-state index >= 15 is 0 Å². The normalized spacial score (nSPS) is 11.3. The Morgan fingerprint density at radius 1 is 1.15 bits per heavy atom. The van der Waals surface area contributed by atoms with Gasteiger partial charge in [0.05, 0.1) is 30.3 Å². The van der Waals surface area contributed by atoms with E-state index in [1.807, 2.05) is 0 Å². The van der Waals surface area contributed by atoms with Crippen molar-refractivity contribution in [2.75, 3.05) is 19.6 Å². The first kappa shape index (κ1) is 19.1. The van der Waals surface area contributed by atoms with Gasteiger partial charge in [-0.25, -0.2) is 13.6 Å². The fraction of sp³-hybridized carbons (Fsp3) is 0.133. The highest BCUT2D eigenvalue weighted by molar-refractivity contribution is 7.89. The van der Waals surface area contributed by atoms with Crippen molar-refractivity contribution in [3.8, 4) is 11.5 Å². The number of primary sulfonamides is 1. The van der Waals surface area contributed by atoms with Crippen molar-refractivity contribution in [1.82, 2.24) is 0 Å². The molecule has 0 aliphatic carbocycles. The first-order valence-electron chi connectivity index (χ1n) is 7.08. The molecule has 10 nitrogen and oxygen atoms in total. The van der Waals surface area contributed by atoms with Crippen LogP contribution < -0.4 is 20.0 Å². The molecule has 0 unspecified atom stereocenters. The summed E-state index contributed by atoms with van der Waals surface area (Å²) in [7, 11) is -1.04. The van der Waals surface area contributed by atoms with Crippen molar-refractivity contribution in [3.63, 3.8) is 0 Å². The second-order valence-corrected chi connectivity index (χ2v) is 6.56. The van der Waals surface area contributed by atoms with E-state index in [2.05, 4.69) is 10.5 Å². The van der Waals surface area contributed by atoms with E-state index in [9.17, 15) is 18.5 Å². The van der Waals surface area contributed by atoms with Crippen LogP contribution in [0.4, 0.5) is 11.4 Å². The molecule has 0 heterocycles. The largest absolute Gasteiger partial charge is 0.497 e. The van der Waals surface area contributed by atoms with E-state index < -0.39 is 20.6 Å². The SMILES string of the molecule is COc1cc(C=NNc2ccc(S(N)(=O)=O)cc2[N+](=O)[O-])cc(OC)c1. The molecule has 0 aromatic heterocycles. The lowest BCUT2D eigenvalue weighted by Crippen LogP contribution is -2.12. The lowest BCUT2D eigenvalue weighted by Gasteiger charge is -2.06. The molecular weight excluding hydrogens is 364 g/mol. The molecule has 138 valence electrons. The van der Waals surface area contributed by atoms with Crippen molar-refractivity contribution in [2.45, 2.75) is 4.90 Å². The Morgan fingerprint density at radius 2 is 1.77 bits per heavy atom. The van der Waals surface area contributed by atoms with E-state index in [-0.39, 0.29) is 10.6 Å². The summed E-state index contributed by atoms with van der Waals surface area (Å²) in [6.45, 7) is 0. The van der Waals surface area contributed by atoms with Crippen LogP contribution in [-0.4, -0.2) is 33.8 Å². The highest BCUT2D eigenvalue weighted by Crippen LogP contribution is 2.27. The summed E-state index contributed by atoms with van der Waals surface area (Å²) in [4.78, 5) is 10.0. The van der Waals surface area contributed by atoms with Crippen molar-refractivity contribution >= 4 is 27.6 Å². The summed E-state index contributed by atoms with van der Waals surface area (Å²) in [5.74, 6) is 1.10. The van der Waals surface area contributed by atoms with E-state index in [0.717, 1.165) is 12.1 Å². The van der Waals surface area contributed by atoms with E-state index in [1.54, 1.807) is 18.2 Å². The van der Waals surface area contributed by atoms with Crippen LogP contribution in [0.3, 0.4) is 0 Å². The number of ether oxygens (including phenoxy) is 2. The van der Waals surface area contributed by atoms with Gasteiger partial charge in [-0.1, -0.05) is 0 Å². The van der Waals surface area contributed by atoms with Gasteiger partial charge in [-0.15, -0.1) is 0 Å². The van der Waals surface area contributed by atoms with Crippen LogP contribution in [0.1, 0.15) is 5.56 Å². The molecule has 0 saturated heterocycles. The third-order valence-corrected chi connectivity index (χ3v) is 4.18. The van der Waals surface area contributed by atoms with Crippen LogP contribution in [0.15, 0.2) is 46.4 Å². The number of rotatable bonds is 7. The van der Waals surface area contributed by atoms with Crippen LogP contribution >= 0.6 is 0 Å². The molecule has 2 aromatic carbocycles. The van der Waals surface area contributed by atoms with Gasteiger partial charge in [-0.2, -0.15) is 5.10 Å². The zero-order valence-electron chi connectivity index (χ0n) is 13.9. The van der Waals surface area contributed by atoms with Crippen LogP contribution in [-0.2, 0) is 10.0 Å². The van der Waals surface area contributed by atoms with Crippen molar-refractivity contribution < 1.29 is 22.8 Å². The molecule has 0 aliphatic heterocycles. The number of nitrogens with two attached hydrogens (primary N) is 1. The summed E-state index contributed by atoms with van der Waals surface area (Å²) < 4.78 is 32.9. The molecule has 26 heavy (non-hydrogen) atoms. The van der Waals surface area contributed by atoms with Gasteiger partial charge >= 0.3 is 0 Å². The third-order valence-electron chi connectivity index (χ3n) is 3.27. The van der Waals surface area contributed by atoms with Crippen molar-refractivity contribution in [2.24, 2.45) is 10.2 Å². The molecule has 0 bridgehead atoms. The topological polar surface area (TPSA) is 146 Å². The smallest absolute Gasteiger partial charge is 0.295 e. The van der Waals surface area contributed by atoms with Crippen molar-refractivity contribution in [1.29, 1.82) is 0 Å². The Morgan fingerprint density at radius 3 is 2.27 bits per heavy atom. The first-order valence-corrected chi connectivity index (χ1v) is 8.62. The monoisotopic (exact) mass is 380 g/mol. The minimum atomic E-state index is -4.05. The molecule has 0 amide bonds. The standard InChI is InChI=1S/C15H16N4O6S/c1-24-11-5-10(6-12(7-11)25-2)9-17-18-14-4-3-13(26(16,22)23)8-15(14)19(20)21/h3-9,18H,1-2H3,(H2,16,22,23). The van der Waals surface area contributed by atoms with Crippen LogP contribution in [0.25, 0.3) is 0 Å². The first-order chi connectivity index (χ1) is 12.2. The minimum Gasteiger partial charge on any atom is -0.497 e. The average molecular weight is 380 g/mol. The number of nitrogens with zero attached hydrogens (tertiary/aromatic N) is 2. The minimum absolute atomic E-state index is 0.00788. The number of anilines is 1. The predicted octanol–water partition coefficient (Wildman–Crippen LogP) is 1.71. The summed E-state index contributed by atoms with van der Waals surface area (Å²) in [6, 6.07) is 8.28. The van der Waals surface area contributed by atoms with Gasteiger partial charge < -0.3 is 9.47 Å². The van der Waals surface area contributed by atoms with Crippen LogP contribution in [0, 0.1) is 10.1 Å². The number of nitro groups is 1. The summed E-state index contributed by atoms with van der Waals surface area (Å²) in [5.41, 5.74) is 2.66. The Bertz CT molecular complexity index is 936. The fourth-order valence-electron chi connectivity index (χ4n) is 2.01. The summed E-state index contributed by atoms with van der Waals surface area (Å²) >= 11 is 0. The number of sulfonamides is 1. The summed E-state index contributed by atoms with van der Waals surface area (Å²) in [5, 5.41) is 20.1. The number of methoxy groups -OCH3 is 2. The molecule has 2 aromatic rings. The number of hydrogen-bond acceptors (Lipinski definition) is 8. The molecule has 0 aliphatic rings. The van der Waals surface area contributed by atoms with Gasteiger partial charge in [0.2, 0.25) is 10.0 Å². The fourth-order valence-corrected chi connectivity index (χ4v) is 2.55. The molecule has 0 fully saturated rings. The molecule has 0 spiro atoms. The number of nitrogens with one attached hydrogen (secondary N) is 1. The Kier molecular flexibility index (Phi) is 5.75. The molecule has 0 saturated carbocycles. The van der Waals surface area contributed by atoms with E-state index in [4.69, 9.17) is 14.6 Å². The third kappa shape index (κ3) is 4.68. The Balaban J connectivity index is 2.29. The average Bonchev–Trinajstić information content (AvgIpc) is 2.60. The number of benzene rings is 2. The Labute approximate surface area is 149 Å². The molecule has 2 rings (SSSR count). The summed E-state index contributed by atoms with van der Waals surface area (Å²) in [6.07, 6.45) is 1.41. The lowest BCUT2D eigenvalue weighted by atomic mass is 10.2. The van der Waals surface area contributed by atoms with Gasteiger partial charge in [0.1, 0.15) is 17.2 Å². The van der Waals surface area contributed by atoms with Gasteiger partial charge in [0.15, 0.2) is 0 Å². The van der Waals surface area contributed by atoms with Gasteiger partial charge in [-0.05, 0) is 24.3 Å². The lowest BCUT2D eigenvalue weighted by molar-refractivity contribution is -0.384. The number of hydrazone groups is 1. The molecule has 0 atom stereocenters.